The van der Waals surface area contributed by atoms with Crippen molar-refractivity contribution in [3.8, 4) is 17.6 Å². The van der Waals surface area contributed by atoms with Crippen molar-refractivity contribution in [2.24, 2.45) is 0 Å². The van der Waals surface area contributed by atoms with Crippen molar-refractivity contribution in [2.45, 2.75) is 18.3 Å². The van der Waals surface area contributed by atoms with Crippen LogP contribution in [0, 0.1) is 11.3 Å². The monoisotopic (exact) mass is 328 g/mol. The number of likely N-dealkylation sites (tertiary alicyclic amines) is 1. The van der Waals surface area contributed by atoms with E-state index in [9.17, 15) is 5.26 Å². The third-order valence-electron chi connectivity index (χ3n) is 4.43. The standard InChI is InChI=1S/C19H20N2O.ClH/c1-21-13-11-19(15-20,12-14-21)17-9-5-6-10-18(17)22-16-7-3-2-4-8-16;/h2-10H,11-14H2,1H3;1H. The lowest BCUT2D eigenvalue weighted by Crippen LogP contribution is -2.40. The molecule has 2 aromatic carbocycles. The van der Waals surface area contributed by atoms with E-state index in [1.165, 1.54) is 0 Å². The molecule has 1 fully saturated rings. The smallest absolute Gasteiger partial charge is 0.132 e. The summed E-state index contributed by atoms with van der Waals surface area (Å²) in [5.74, 6) is 1.59. The number of rotatable bonds is 3. The van der Waals surface area contributed by atoms with Crippen LogP contribution in [0.1, 0.15) is 18.4 Å². The highest BCUT2D eigenvalue weighted by Gasteiger charge is 2.37. The lowest BCUT2D eigenvalue weighted by Gasteiger charge is -2.36. The summed E-state index contributed by atoms with van der Waals surface area (Å²) in [6, 6.07) is 20.3. The third kappa shape index (κ3) is 3.67. The second-order valence-electron chi connectivity index (χ2n) is 5.91. The maximum Gasteiger partial charge on any atom is 0.132 e. The third-order valence-corrected chi connectivity index (χ3v) is 4.43. The predicted molar refractivity (Wildman–Crippen MR) is 94.2 cm³/mol. The lowest BCUT2D eigenvalue weighted by molar-refractivity contribution is 0.219. The topological polar surface area (TPSA) is 36.3 Å². The van der Waals surface area contributed by atoms with Crippen LogP contribution in [0.25, 0.3) is 0 Å². The van der Waals surface area contributed by atoms with E-state index >= 15 is 0 Å². The van der Waals surface area contributed by atoms with Crippen LogP contribution >= 0.6 is 12.4 Å². The fraction of sp³-hybridized carbons (Fsp3) is 0.316. The molecule has 0 unspecified atom stereocenters. The first-order valence-corrected chi connectivity index (χ1v) is 7.66. The number of ether oxygens (including phenoxy) is 1. The molecule has 4 heteroatoms. The van der Waals surface area contributed by atoms with Crippen molar-refractivity contribution in [1.82, 2.24) is 4.90 Å². The molecule has 1 aliphatic rings. The zero-order valence-electron chi connectivity index (χ0n) is 13.2. The van der Waals surface area contributed by atoms with E-state index in [2.05, 4.69) is 18.0 Å². The molecule has 0 bridgehead atoms. The van der Waals surface area contributed by atoms with E-state index in [0.717, 1.165) is 43.0 Å². The van der Waals surface area contributed by atoms with Gasteiger partial charge >= 0.3 is 0 Å². The van der Waals surface area contributed by atoms with Crippen molar-refractivity contribution in [1.29, 1.82) is 5.26 Å². The lowest BCUT2D eigenvalue weighted by atomic mass is 9.73. The Kier molecular flexibility index (Phi) is 5.65. The highest BCUT2D eigenvalue weighted by molar-refractivity contribution is 5.85. The molecule has 0 aliphatic carbocycles. The van der Waals surface area contributed by atoms with Crippen molar-refractivity contribution < 1.29 is 4.74 Å². The summed E-state index contributed by atoms with van der Waals surface area (Å²) in [6.07, 6.45) is 1.68. The van der Waals surface area contributed by atoms with E-state index in [4.69, 9.17) is 4.74 Å². The molecule has 0 atom stereocenters. The predicted octanol–water partition coefficient (Wildman–Crippen LogP) is 4.39. The molecule has 1 saturated heterocycles. The van der Waals surface area contributed by atoms with Crippen LogP contribution < -0.4 is 4.74 Å². The van der Waals surface area contributed by atoms with E-state index in [1.807, 2.05) is 54.6 Å². The van der Waals surface area contributed by atoms with Gasteiger partial charge < -0.3 is 9.64 Å². The molecular weight excluding hydrogens is 308 g/mol. The molecule has 120 valence electrons. The molecule has 2 aromatic rings. The van der Waals surface area contributed by atoms with Crippen molar-refractivity contribution in [3.05, 3.63) is 60.2 Å². The minimum absolute atomic E-state index is 0. The number of nitrogens with zero attached hydrogens (tertiary/aromatic N) is 2. The normalized spacial score (nSPS) is 16.9. The van der Waals surface area contributed by atoms with Crippen LogP contribution in [-0.4, -0.2) is 25.0 Å². The summed E-state index contributed by atoms with van der Waals surface area (Å²) >= 11 is 0. The number of piperidine rings is 1. The van der Waals surface area contributed by atoms with Gasteiger partial charge in [0.25, 0.3) is 0 Å². The van der Waals surface area contributed by atoms with Crippen LogP contribution in [-0.2, 0) is 5.41 Å². The Morgan fingerprint density at radius 3 is 2.26 bits per heavy atom. The van der Waals surface area contributed by atoms with Gasteiger partial charge in [-0.1, -0.05) is 36.4 Å². The highest BCUT2D eigenvalue weighted by Crippen LogP contribution is 2.40. The average molecular weight is 329 g/mol. The van der Waals surface area contributed by atoms with Gasteiger partial charge in [0.2, 0.25) is 0 Å². The van der Waals surface area contributed by atoms with Gasteiger partial charge in [-0.2, -0.15) is 5.26 Å². The van der Waals surface area contributed by atoms with Gasteiger partial charge in [-0.3, -0.25) is 0 Å². The molecule has 0 radical (unpaired) electrons. The van der Waals surface area contributed by atoms with Crippen molar-refractivity contribution >= 4 is 12.4 Å². The molecule has 1 aliphatic heterocycles. The number of hydrogen-bond donors (Lipinski definition) is 0. The van der Waals surface area contributed by atoms with Gasteiger partial charge in [-0.05, 0) is 51.2 Å². The van der Waals surface area contributed by atoms with Crippen LogP contribution in [0.3, 0.4) is 0 Å². The summed E-state index contributed by atoms with van der Waals surface area (Å²) in [4.78, 5) is 2.27. The van der Waals surface area contributed by atoms with Crippen LogP contribution in [0.4, 0.5) is 0 Å². The van der Waals surface area contributed by atoms with E-state index in [0.29, 0.717) is 0 Å². The Bertz CT molecular complexity index is 673. The summed E-state index contributed by atoms with van der Waals surface area (Å²) in [5, 5.41) is 9.85. The largest absolute Gasteiger partial charge is 0.457 e. The molecule has 0 amide bonds. The summed E-state index contributed by atoms with van der Waals surface area (Å²) in [7, 11) is 2.10. The quantitative estimate of drug-likeness (QED) is 0.838. The first-order valence-electron chi connectivity index (χ1n) is 7.66. The second-order valence-corrected chi connectivity index (χ2v) is 5.91. The summed E-state index contributed by atoms with van der Waals surface area (Å²) in [6.45, 7) is 1.88. The average Bonchev–Trinajstić information content (AvgIpc) is 2.58. The molecular formula is C19H21ClN2O. The van der Waals surface area contributed by atoms with Gasteiger partial charge in [0.15, 0.2) is 0 Å². The zero-order chi connectivity index (χ0) is 15.4. The number of hydrogen-bond acceptors (Lipinski definition) is 3. The number of para-hydroxylation sites is 2. The molecule has 0 saturated carbocycles. The Labute approximate surface area is 143 Å². The first-order chi connectivity index (χ1) is 10.7. The Morgan fingerprint density at radius 2 is 1.61 bits per heavy atom. The minimum atomic E-state index is -0.447. The van der Waals surface area contributed by atoms with Crippen LogP contribution in [0.2, 0.25) is 0 Å². The molecule has 23 heavy (non-hydrogen) atoms. The fourth-order valence-corrected chi connectivity index (χ4v) is 3.01. The zero-order valence-corrected chi connectivity index (χ0v) is 14.1. The van der Waals surface area contributed by atoms with Gasteiger partial charge in [0.05, 0.1) is 11.5 Å². The van der Waals surface area contributed by atoms with Crippen LogP contribution in [0.15, 0.2) is 54.6 Å². The Balaban J connectivity index is 0.00000192. The van der Waals surface area contributed by atoms with Gasteiger partial charge in [-0.15, -0.1) is 12.4 Å². The summed E-state index contributed by atoms with van der Waals surface area (Å²) in [5.41, 5.74) is 0.562. The highest BCUT2D eigenvalue weighted by atomic mass is 35.5. The molecule has 0 aromatic heterocycles. The van der Waals surface area contributed by atoms with Crippen LogP contribution in [0.5, 0.6) is 11.5 Å². The molecule has 1 heterocycles. The van der Waals surface area contributed by atoms with Crippen molar-refractivity contribution in [3.63, 3.8) is 0 Å². The van der Waals surface area contributed by atoms with Crippen molar-refractivity contribution in [2.75, 3.05) is 20.1 Å². The van der Waals surface area contributed by atoms with Gasteiger partial charge in [0, 0.05) is 5.56 Å². The number of halogens is 1. The molecule has 0 N–H and O–H groups in total. The molecule has 3 nitrogen and oxygen atoms in total. The molecule has 0 spiro atoms. The summed E-state index contributed by atoms with van der Waals surface area (Å²) < 4.78 is 6.05. The first kappa shape index (κ1) is 17.3. The van der Waals surface area contributed by atoms with Gasteiger partial charge in [0.1, 0.15) is 11.5 Å². The fourth-order valence-electron chi connectivity index (χ4n) is 3.01. The maximum atomic E-state index is 9.85. The maximum absolute atomic E-state index is 9.85. The Morgan fingerprint density at radius 1 is 1.00 bits per heavy atom. The minimum Gasteiger partial charge on any atom is -0.457 e. The molecule has 3 rings (SSSR count). The van der Waals surface area contributed by atoms with E-state index in [1.54, 1.807) is 0 Å². The number of nitriles is 1. The second kappa shape index (κ2) is 7.50. The SMILES string of the molecule is CN1CCC(C#N)(c2ccccc2Oc2ccccc2)CC1.Cl. The number of benzene rings is 2. The van der Waals surface area contributed by atoms with E-state index < -0.39 is 5.41 Å². The Hall–Kier alpha value is -2.02. The van der Waals surface area contributed by atoms with Gasteiger partial charge in [-0.25, -0.2) is 0 Å². The van der Waals surface area contributed by atoms with E-state index in [-0.39, 0.29) is 12.4 Å².